The van der Waals surface area contributed by atoms with Gasteiger partial charge >= 0.3 is 17.9 Å². The largest absolute Gasteiger partial charge is 0.503 e. The monoisotopic (exact) mass is 632 g/mol. The summed E-state index contributed by atoms with van der Waals surface area (Å²) in [4.78, 5) is 56.8. The maximum atomic E-state index is 13.5. The van der Waals surface area contributed by atoms with Crippen molar-refractivity contribution >= 4 is 39.7 Å². The highest BCUT2D eigenvalue weighted by molar-refractivity contribution is 9.10. The lowest BCUT2D eigenvalue weighted by molar-refractivity contribution is -0.177. The van der Waals surface area contributed by atoms with Crippen LogP contribution in [0.2, 0.25) is 0 Å². The van der Waals surface area contributed by atoms with E-state index in [1.165, 1.54) is 13.2 Å². The third kappa shape index (κ3) is 7.55. The number of hydrogen-bond acceptors (Lipinski definition) is 10. The molecule has 4 atom stereocenters. The maximum absolute atomic E-state index is 13.5. The van der Waals surface area contributed by atoms with Crippen molar-refractivity contribution in [1.82, 2.24) is 10.3 Å². The number of aromatic hydroxyl groups is 1. The van der Waals surface area contributed by atoms with Gasteiger partial charge in [-0.3, -0.25) is 14.4 Å². The number of nitrogens with zero attached hydrogens (tertiary/aromatic N) is 1. The predicted molar refractivity (Wildman–Crippen MR) is 148 cm³/mol. The van der Waals surface area contributed by atoms with E-state index in [4.69, 9.17) is 18.9 Å². The highest BCUT2D eigenvalue weighted by Crippen LogP contribution is 2.32. The van der Waals surface area contributed by atoms with Crippen molar-refractivity contribution in [1.29, 1.82) is 0 Å². The van der Waals surface area contributed by atoms with E-state index in [-0.39, 0.29) is 22.7 Å². The molecule has 4 unspecified atom stereocenters. The zero-order valence-corrected chi connectivity index (χ0v) is 24.4. The Bertz CT molecular complexity index is 1270. The Morgan fingerprint density at radius 3 is 2.51 bits per heavy atom. The minimum atomic E-state index is -1.43. The average molecular weight is 633 g/mol. The van der Waals surface area contributed by atoms with Crippen molar-refractivity contribution in [2.45, 2.75) is 63.7 Å². The first-order valence-corrected chi connectivity index (χ1v) is 14.3. The summed E-state index contributed by atoms with van der Waals surface area (Å²) in [7, 11) is 1.31. The van der Waals surface area contributed by atoms with Crippen LogP contribution in [0.4, 0.5) is 0 Å². The van der Waals surface area contributed by atoms with E-state index in [1.807, 2.05) is 30.3 Å². The predicted octanol–water partition coefficient (Wildman–Crippen LogP) is 3.50. The first-order valence-electron chi connectivity index (χ1n) is 13.5. The number of amides is 1. The van der Waals surface area contributed by atoms with Gasteiger partial charge in [0.15, 0.2) is 29.3 Å². The standard InChI is InChI=1S/C29H33BrN2O9/c1-16-25(41-27(35)18-11-7-4-8-12-18)19(13-17-9-5-3-6-10-17)28(36)39-15-20(29(37)40-16)31-26(34)23-24(33)21(38-2)14-22(30)32-23/h3,5-6,9-10,14,16,18-20,25,33H,4,7-8,11-13,15H2,1-2H3,(H,31,34). The number of pyridine rings is 1. The van der Waals surface area contributed by atoms with E-state index in [9.17, 15) is 24.3 Å². The van der Waals surface area contributed by atoms with Crippen LogP contribution < -0.4 is 10.1 Å². The van der Waals surface area contributed by atoms with Crippen LogP contribution in [0.3, 0.4) is 0 Å². The molecular formula is C29H33BrN2O9. The van der Waals surface area contributed by atoms with E-state index in [2.05, 4.69) is 26.2 Å². The molecule has 12 heteroatoms. The number of esters is 3. The first kappa shape index (κ1) is 30.3. The van der Waals surface area contributed by atoms with Crippen molar-refractivity contribution in [3.8, 4) is 11.5 Å². The van der Waals surface area contributed by atoms with Gasteiger partial charge in [-0.15, -0.1) is 0 Å². The van der Waals surface area contributed by atoms with Crippen molar-refractivity contribution in [2.24, 2.45) is 11.8 Å². The Labute approximate surface area is 246 Å². The molecule has 2 fully saturated rings. The van der Waals surface area contributed by atoms with Gasteiger partial charge < -0.3 is 29.4 Å². The zero-order chi connectivity index (χ0) is 29.5. The van der Waals surface area contributed by atoms with E-state index in [0.29, 0.717) is 12.8 Å². The summed E-state index contributed by atoms with van der Waals surface area (Å²) in [6, 6.07) is 9.12. The molecule has 1 aromatic carbocycles. The Morgan fingerprint density at radius 1 is 1.12 bits per heavy atom. The molecule has 2 N–H and O–H groups in total. The number of rotatable bonds is 7. The fourth-order valence-electron chi connectivity index (χ4n) is 5.07. The molecule has 2 aromatic rings. The minimum Gasteiger partial charge on any atom is -0.503 e. The number of hydrogen-bond donors (Lipinski definition) is 2. The fourth-order valence-corrected chi connectivity index (χ4v) is 5.46. The van der Waals surface area contributed by atoms with Crippen LogP contribution in [0.1, 0.15) is 55.1 Å². The quantitative estimate of drug-likeness (QED) is 0.264. The highest BCUT2D eigenvalue weighted by Gasteiger charge is 2.43. The van der Waals surface area contributed by atoms with Crippen LogP contribution in [0.5, 0.6) is 11.5 Å². The molecule has 220 valence electrons. The van der Waals surface area contributed by atoms with Crippen LogP contribution in [0.25, 0.3) is 0 Å². The van der Waals surface area contributed by atoms with Gasteiger partial charge in [-0.2, -0.15) is 0 Å². The summed E-state index contributed by atoms with van der Waals surface area (Å²) in [5.74, 6) is -4.77. The number of carbonyl (C=O) groups is 4. The van der Waals surface area contributed by atoms with Crippen LogP contribution in [0.15, 0.2) is 41.0 Å². The Hall–Kier alpha value is -3.67. The average Bonchev–Trinajstić information content (AvgIpc) is 3.01. The maximum Gasteiger partial charge on any atom is 0.332 e. The number of ether oxygens (including phenoxy) is 4. The van der Waals surface area contributed by atoms with Crippen molar-refractivity contribution in [2.75, 3.05) is 13.7 Å². The molecule has 0 spiro atoms. The van der Waals surface area contributed by atoms with Gasteiger partial charge in [-0.25, -0.2) is 9.78 Å². The third-order valence-corrected chi connectivity index (χ3v) is 7.70. The SMILES string of the molecule is COc1cc(Br)nc(C(=O)NC2COC(=O)C(Cc3ccccc3)C(OC(=O)C3CCCCC3)C(C)OC2=O)c1O. The summed E-state index contributed by atoms with van der Waals surface area (Å²) in [6.45, 7) is 0.995. The second-order valence-electron chi connectivity index (χ2n) is 10.2. The second kappa shape index (κ2) is 13.8. The molecule has 2 aliphatic rings. The lowest BCUT2D eigenvalue weighted by Gasteiger charge is -2.31. The first-order chi connectivity index (χ1) is 19.7. The van der Waals surface area contributed by atoms with Crippen LogP contribution >= 0.6 is 15.9 Å². The number of methoxy groups -OCH3 is 1. The third-order valence-electron chi connectivity index (χ3n) is 7.30. The summed E-state index contributed by atoms with van der Waals surface area (Å²) in [5, 5.41) is 12.8. The van der Waals surface area contributed by atoms with Crippen molar-refractivity contribution in [3.63, 3.8) is 0 Å². The number of aromatic nitrogens is 1. The van der Waals surface area contributed by atoms with Gasteiger partial charge in [0.25, 0.3) is 5.91 Å². The highest BCUT2D eigenvalue weighted by atomic mass is 79.9. The molecule has 41 heavy (non-hydrogen) atoms. The number of benzene rings is 1. The normalized spacial score (nSPS) is 23.7. The van der Waals surface area contributed by atoms with Gasteiger partial charge in [0, 0.05) is 6.07 Å². The molecule has 1 saturated heterocycles. The summed E-state index contributed by atoms with van der Waals surface area (Å²) < 4.78 is 22.3. The molecule has 1 aliphatic carbocycles. The smallest absolute Gasteiger partial charge is 0.332 e. The summed E-state index contributed by atoms with van der Waals surface area (Å²) in [6.07, 6.45) is 2.31. The summed E-state index contributed by atoms with van der Waals surface area (Å²) >= 11 is 3.15. The van der Waals surface area contributed by atoms with Gasteiger partial charge in [-0.05, 0) is 47.7 Å². The molecule has 4 rings (SSSR count). The molecule has 11 nitrogen and oxygen atoms in total. The second-order valence-corrected chi connectivity index (χ2v) is 11.0. The van der Waals surface area contributed by atoms with E-state index in [0.717, 1.165) is 24.8 Å². The molecule has 1 aliphatic heterocycles. The van der Waals surface area contributed by atoms with Crippen LogP contribution in [-0.4, -0.2) is 65.9 Å². The Balaban J connectivity index is 1.58. The fraction of sp³-hybridized carbons (Fsp3) is 0.483. The van der Waals surface area contributed by atoms with Gasteiger partial charge in [0.2, 0.25) is 0 Å². The van der Waals surface area contributed by atoms with E-state index < -0.39 is 66.0 Å². The molecule has 0 bridgehead atoms. The number of carbonyl (C=O) groups excluding carboxylic acids is 4. The molecular weight excluding hydrogens is 600 g/mol. The zero-order valence-electron chi connectivity index (χ0n) is 22.8. The number of nitrogens with one attached hydrogen (secondary N) is 1. The number of cyclic esters (lactones) is 2. The van der Waals surface area contributed by atoms with E-state index >= 15 is 0 Å². The van der Waals surface area contributed by atoms with Crippen LogP contribution in [0, 0.1) is 11.8 Å². The van der Waals surface area contributed by atoms with Gasteiger partial charge in [-0.1, -0.05) is 49.6 Å². The molecule has 1 saturated carbocycles. The lowest BCUT2D eigenvalue weighted by Crippen LogP contribution is -2.47. The van der Waals surface area contributed by atoms with Crippen molar-refractivity contribution in [3.05, 3.63) is 52.3 Å². The molecule has 2 heterocycles. The topological polar surface area (TPSA) is 150 Å². The Morgan fingerprint density at radius 2 is 1.83 bits per heavy atom. The molecule has 1 amide bonds. The van der Waals surface area contributed by atoms with Gasteiger partial charge in [0.1, 0.15) is 23.2 Å². The lowest BCUT2D eigenvalue weighted by atomic mass is 9.88. The van der Waals surface area contributed by atoms with Crippen LogP contribution in [-0.2, 0) is 35.0 Å². The van der Waals surface area contributed by atoms with Crippen molar-refractivity contribution < 1.29 is 43.2 Å². The minimum absolute atomic E-state index is 0.0134. The Kier molecular flexibility index (Phi) is 10.2. The molecule has 1 aromatic heterocycles. The van der Waals surface area contributed by atoms with E-state index in [1.54, 1.807) is 6.92 Å². The van der Waals surface area contributed by atoms with Gasteiger partial charge in [0.05, 0.1) is 13.0 Å². The molecule has 0 radical (unpaired) electrons. The number of halogens is 1. The summed E-state index contributed by atoms with van der Waals surface area (Å²) in [5.41, 5.74) is 0.394.